The molecule has 0 aromatic heterocycles. The molecule has 0 fully saturated rings. The van der Waals surface area contributed by atoms with E-state index in [1.807, 2.05) is 18.2 Å². The molecular weight excluding hydrogens is 206 g/mol. The molecule has 2 unspecified atom stereocenters. The number of fused-ring (bicyclic) bond motifs is 1. The number of carboxylic acid groups (broad SMARTS) is 1. The Morgan fingerprint density at radius 1 is 1.62 bits per heavy atom. The predicted octanol–water partition coefficient (Wildman–Crippen LogP) is 1.75. The van der Waals surface area contributed by atoms with Gasteiger partial charge in [-0.1, -0.05) is 12.1 Å². The molecule has 2 atom stereocenters. The van der Waals surface area contributed by atoms with Gasteiger partial charge >= 0.3 is 5.97 Å². The van der Waals surface area contributed by atoms with Crippen LogP contribution >= 0.6 is 0 Å². The van der Waals surface area contributed by atoms with Gasteiger partial charge in [0.05, 0.1) is 18.7 Å². The Morgan fingerprint density at radius 3 is 3.00 bits per heavy atom. The van der Waals surface area contributed by atoms with Gasteiger partial charge in [0.2, 0.25) is 0 Å². The molecule has 2 N–H and O–H groups in total. The highest BCUT2D eigenvalue weighted by atomic mass is 16.5. The second-order valence-corrected chi connectivity index (χ2v) is 4.08. The molecule has 1 aliphatic heterocycles. The van der Waals surface area contributed by atoms with Crippen molar-refractivity contribution in [3.05, 3.63) is 23.8 Å². The minimum absolute atomic E-state index is 0.0520. The highest BCUT2D eigenvalue weighted by Crippen LogP contribution is 2.36. The minimum Gasteiger partial charge on any atom is -0.495 e. The summed E-state index contributed by atoms with van der Waals surface area (Å²) in [5, 5.41) is 12.2. The van der Waals surface area contributed by atoms with Crippen LogP contribution in [-0.2, 0) is 11.2 Å². The Balaban J connectivity index is 2.24. The molecule has 1 aromatic carbocycles. The fourth-order valence-electron chi connectivity index (χ4n) is 2.03. The SMILES string of the molecule is COc1cccc2c1NC(C(C)C(=O)O)C2. The summed E-state index contributed by atoms with van der Waals surface area (Å²) in [5.41, 5.74) is 2.06. The molecule has 0 aliphatic carbocycles. The van der Waals surface area contributed by atoms with Crippen LogP contribution < -0.4 is 10.1 Å². The maximum atomic E-state index is 10.9. The highest BCUT2D eigenvalue weighted by molar-refractivity contribution is 5.74. The first kappa shape index (κ1) is 10.8. The minimum atomic E-state index is -0.774. The largest absolute Gasteiger partial charge is 0.495 e. The van der Waals surface area contributed by atoms with Gasteiger partial charge < -0.3 is 15.2 Å². The zero-order chi connectivity index (χ0) is 11.7. The molecule has 4 nitrogen and oxygen atoms in total. The van der Waals surface area contributed by atoms with E-state index < -0.39 is 11.9 Å². The topological polar surface area (TPSA) is 58.6 Å². The van der Waals surface area contributed by atoms with Crippen LogP contribution in [0.2, 0.25) is 0 Å². The molecule has 1 aromatic rings. The molecule has 1 heterocycles. The van der Waals surface area contributed by atoms with Crippen molar-refractivity contribution >= 4 is 11.7 Å². The Labute approximate surface area is 94.2 Å². The number of carbonyl (C=O) groups is 1. The van der Waals surface area contributed by atoms with Crippen LogP contribution in [0.3, 0.4) is 0 Å². The normalized spacial score (nSPS) is 19.8. The van der Waals surface area contributed by atoms with Crippen molar-refractivity contribution in [2.75, 3.05) is 12.4 Å². The number of hydrogen-bond donors (Lipinski definition) is 2. The van der Waals surface area contributed by atoms with Crippen LogP contribution in [-0.4, -0.2) is 24.2 Å². The molecule has 0 amide bonds. The third kappa shape index (κ3) is 1.71. The molecule has 0 bridgehead atoms. The Bertz CT molecular complexity index is 417. The van der Waals surface area contributed by atoms with E-state index in [-0.39, 0.29) is 6.04 Å². The van der Waals surface area contributed by atoms with Gasteiger partial charge in [-0.25, -0.2) is 0 Å². The summed E-state index contributed by atoms with van der Waals surface area (Å²) in [6.45, 7) is 1.72. The molecule has 1 aliphatic rings. The Kier molecular flexibility index (Phi) is 2.73. The van der Waals surface area contributed by atoms with Gasteiger partial charge in [0.15, 0.2) is 0 Å². The first-order valence-corrected chi connectivity index (χ1v) is 5.28. The van der Waals surface area contributed by atoms with Crippen LogP contribution in [0, 0.1) is 5.92 Å². The van der Waals surface area contributed by atoms with E-state index in [2.05, 4.69) is 5.32 Å². The number of anilines is 1. The van der Waals surface area contributed by atoms with E-state index >= 15 is 0 Å². The Morgan fingerprint density at radius 2 is 2.38 bits per heavy atom. The number of ether oxygens (including phenoxy) is 1. The number of para-hydroxylation sites is 1. The smallest absolute Gasteiger partial charge is 0.308 e. The number of aliphatic carboxylic acids is 1. The van der Waals surface area contributed by atoms with Crippen LogP contribution in [0.1, 0.15) is 12.5 Å². The summed E-state index contributed by atoms with van der Waals surface area (Å²) in [4.78, 5) is 10.9. The fraction of sp³-hybridized carbons (Fsp3) is 0.417. The van der Waals surface area contributed by atoms with Crippen molar-refractivity contribution < 1.29 is 14.6 Å². The molecule has 0 radical (unpaired) electrons. The maximum Gasteiger partial charge on any atom is 0.308 e. The van der Waals surface area contributed by atoms with Crippen LogP contribution in [0.25, 0.3) is 0 Å². The lowest BCUT2D eigenvalue weighted by Gasteiger charge is -2.16. The third-order valence-electron chi connectivity index (χ3n) is 3.10. The van der Waals surface area contributed by atoms with Crippen molar-refractivity contribution in [2.24, 2.45) is 5.92 Å². The number of methoxy groups -OCH3 is 1. The van der Waals surface area contributed by atoms with Gasteiger partial charge in [-0.3, -0.25) is 4.79 Å². The average Bonchev–Trinajstić information content (AvgIpc) is 2.70. The van der Waals surface area contributed by atoms with Gasteiger partial charge in [-0.15, -0.1) is 0 Å². The van der Waals surface area contributed by atoms with E-state index in [0.29, 0.717) is 0 Å². The standard InChI is InChI=1S/C12H15NO3/c1-7(12(14)15)9-6-8-4-3-5-10(16-2)11(8)13-9/h3-5,7,9,13H,6H2,1-2H3,(H,14,15). The van der Waals surface area contributed by atoms with Crippen molar-refractivity contribution in [3.63, 3.8) is 0 Å². The van der Waals surface area contributed by atoms with Crippen LogP contribution in [0.15, 0.2) is 18.2 Å². The summed E-state index contributed by atoms with van der Waals surface area (Å²) < 4.78 is 5.24. The number of rotatable bonds is 3. The van der Waals surface area contributed by atoms with E-state index in [9.17, 15) is 4.79 Å². The lowest BCUT2D eigenvalue weighted by atomic mass is 9.99. The first-order chi connectivity index (χ1) is 7.63. The molecule has 0 saturated heterocycles. The molecular formula is C12H15NO3. The van der Waals surface area contributed by atoms with E-state index in [1.165, 1.54) is 0 Å². The third-order valence-corrected chi connectivity index (χ3v) is 3.10. The van der Waals surface area contributed by atoms with Gasteiger partial charge in [0, 0.05) is 6.04 Å². The predicted molar refractivity (Wildman–Crippen MR) is 60.9 cm³/mol. The van der Waals surface area contributed by atoms with Crippen molar-refractivity contribution in [2.45, 2.75) is 19.4 Å². The van der Waals surface area contributed by atoms with Crippen molar-refractivity contribution in [3.8, 4) is 5.75 Å². The summed E-state index contributed by atoms with van der Waals surface area (Å²) in [5.74, 6) is -0.404. The van der Waals surface area contributed by atoms with Gasteiger partial charge in [0.1, 0.15) is 5.75 Å². The number of hydrogen-bond acceptors (Lipinski definition) is 3. The molecule has 86 valence electrons. The fourth-order valence-corrected chi connectivity index (χ4v) is 2.03. The zero-order valence-electron chi connectivity index (χ0n) is 9.36. The summed E-state index contributed by atoms with van der Waals surface area (Å²) in [6.07, 6.45) is 0.736. The van der Waals surface area contributed by atoms with E-state index in [4.69, 9.17) is 9.84 Å². The van der Waals surface area contributed by atoms with E-state index in [0.717, 1.165) is 23.4 Å². The molecule has 4 heteroatoms. The lowest BCUT2D eigenvalue weighted by Crippen LogP contribution is -2.30. The van der Waals surface area contributed by atoms with Crippen molar-refractivity contribution in [1.29, 1.82) is 0 Å². The van der Waals surface area contributed by atoms with E-state index in [1.54, 1.807) is 14.0 Å². The second kappa shape index (κ2) is 4.04. The Hall–Kier alpha value is -1.71. The summed E-state index contributed by atoms with van der Waals surface area (Å²) in [6, 6.07) is 5.75. The number of benzene rings is 1. The van der Waals surface area contributed by atoms with Crippen LogP contribution in [0.5, 0.6) is 5.75 Å². The maximum absolute atomic E-state index is 10.9. The van der Waals surface area contributed by atoms with Crippen LogP contribution in [0.4, 0.5) is 5.69 Å². The summed E-state index contributed by atoms with van der Waals surface area (Å²) in [7, 11) is 1.62. The molecule has 0 saturated carbocycles. The lowest BCUT2D eigenvalue weighted by molar-refractivity contribution is -0.141. The van der Waals surface area contributed by atoms with Gasteiger partial charge in [-0.2, -0.15) is 0 Å². The van der Waals surface area contributed by atoms with Gasteiger partial charge in [-0.05, 0) is 25.0 Å². The quantitative estimate of drug-likeness (QED) is 0.816. The van der Waals surface area contributed by atoms with Gasteiger partial charge in [0.25, 0.3) is 0 Å². The molecule has 0 spiro atoms. The average molecular weight is 221 g/mol. The van der Waals surface area contributed by atoms with Crippen molar-refractivity contribution in [1.82, 2.24) is 0 Å². The number of nitrogens with one attached hydrogen (secondary N) is 1. The molecule has 16 heavy (non-hydrogen) atoms. The first-order valence-electron chi connectivity index (χ1n) is 5.28. The number of carboxylic acids is 1. The zero-order valence-corrected chi connectivity index (χ0v) is 9.36. The monoisotopic (exact) mass is 221 g/mol. The summed E-state index contributed by atoms with van der Waals surface area (Å²) >= 11 is 0. The highest BCUT2D eigenvalue weighted by Gasteiger charge is 2.30. The molecule has 2 rings (SSSR count). The second-order valence-electron chi connectivity index (χ2n) is 4.08.